The van der Waals surface area contributed by atoms with Gasteiger partial charge < -0.3 is 5.32 Å². The fourth-order valence-corrected chi connectivity index (χ4v) is 3.29. The molecule has 0 bridgehead atoms. The molecular formula is C24H20N4O. The molecule has 1 N–H and O–H groups in total. The molecule has 0 aliphatic heterocycles. The molecule has 0 spiro atoms. The summed E-state index contributed by atoms with van der Waals surface area (Å²) in [5, 5.41) is 8.16. The molecule has 29 heavy (non-hydrogen) atoms. The molecule has 5 heteroatoms. The van der Waals surface area contributed by atoms with Gasteiger partial charge in [0.1, 0.15) is 0 Å². The van der Waals surface area contributed by atoms with Gasteiger partial charge in [-0.1, -0.05) is 36.1 Å². The monoisotopic (exact) mass is 380 g/mol. The number of carbonyl (C=O) groups excluding carboxylic acids is 1. The summed E-state index contributed by atoms with van der Waals surface area (Å²) in [6.45, 7) is 3.76. The molecule has 1 amide bonds. The SMILES string of the molecule is Cc1cc(C(=O)Nc2cccc(C#Cc3ccccc3)c2)c2c(C)nn(C)c2n1. The first-order valence-corrected chi connectivity index (χ1v) is 9.31. The number of aryl methyl sites for hydroxylation is 3. The van der Waals surface area contributed by atoms with Crippen molar-refractivity contribution in [2.45, 2.75) is 13.8 Å². The maximum atomic E-state index is 13.0. The van der Waals surface area contributed by atoms with Gasteiger partial charge in [-0.25, -0.2) is 4.98 Å². The molecule has 0 saturated heterocycles. The molecule has 0 aliphatic carbocycles. The molecule has 142 valence electrons. The first-order valence-electron chi connectivity index (χ1n) is 9.31. The second kappa shape index (κ2) is 7.61. The van der Waals surface area contributed by atoms with Crippen LogP contribution in [0.5, 0.6) is 0 Å². The highest BCUT2D eigenvalue weighted by Crippen LogP contribution is 2.23. The summed E-state index contributed by atoms with van der Waals surface area (Å²) in [7, 11) is 1.83. The van der Waals surface area contributed by atoms with Crippen LogP contribution in [0.1, 0.15) is 32.9 Å². The van der Waals surface area contributed by atoms with Crippen LogP contribution in [-0.2, 0) is 7.05 Å². The van der Waals surface area contributed by atoms with Crippen molar-refractivity contribution in [3.8, 4) is 11.8 Å². The number of pyridine rings is 1. The molecule has 2 aromatic carbocycles. The molecule has 4 rings (SSSR count). The first-order chi connectivity index (χ1) is 14.0. The van der Waals surface area contributed by atoms with Gasteiger partial charge in [-0.15, -0.1) is 0 Å². The van der Waals surface area contributed by atoms with Crippen LogP contribution in [0.25, 0.3) is 11.0 Å². The lowest BCUT2D eigenvalue weighted by atomic mass is 10.1. The summed E-state index contributed by atoms with van der Waals surface area (Å²) in [5.74, 6) is 6.08. The molecule has 5 nitrogen and oxygen atoms in total. The third kappa shape index (κ3) is 3.87. The van der Waals surface area contributed by atoms with E-state index in [2.05, 4.69) is 27.2 Å². The third-order valence-corrected chi connectivity index (χ3v) is 4.59. The van der Waals surface area contributed by atoms with Gasteiger partial charge in [-0.3, -0.25) is 9.48 Å². The van der Waals surface area contributed by atoms with Crippen LogP contribution in [0.2, 0.25) is 0 Å². The van der Waals surface area contributed by atoms with E-state index in [1.54, 1.807) is 10.7 Å². The average Bonchev–Trinajstić information content (AvgIpc) is 3.00. The maximum Gasteiger partial charge on any atom is 0.256 e. The van der Waals surface area contributed by atoms with E-state index in [9.17, 15) is 4.79 Å². The molecular weight excluding hydrogens is 360 g/mol. The lowest BCUT2D eigenvalue weighted by molar-refractivity contribution is 0.102. The summed E-state index contributed by atoms with van der Waals surface area (Å²) >= 11 is 0. The fraction of sp³-hybridized carbons (Fsp3) is 0.125. The summed E-state index contributed by atoms with van der Waals surface area (Å²) in [6, 6.07) is 19.1. The lowest BCUT2D eigenvalue weighted by Crippen LogP contribution is -2.13. The first kappa shape index (κ1) is 18.5. The summed E-state index contributed by atoms with van der Waals surface area (Å²) in [5.41, 5.74) is 5.30. The molecule has 2 aromatic heterocycles. The molecule has 0 fully saturated rings. The van der Waals surface area contributed by atoms with E-state index in [0.29, 0.717) is 16.9 Å². The zero-order valence-electron chi connectivity index (χ0n) is 16.5. The van der Waals surface area contributed by atoms with Gasteiger partial charge in [0.2, 0.25) is 0 Å². The number of hydrogen-bond donors (Lipinski definition) is 1. The Labute approximate surface area is 169 Å². The number of hydrogen-bond acceptors (Lipinski definition) is 3. The number of nitrogens with zero attached hydrogens (tertiary/aromatic N) is 3. The van der Waals surface area contributed by atoms with Gasteiger partial charge in [0.15, 0.2) is 5.65 Å². The van der Waals surface area contributed by atoms with Gasteiger partial charge in [-0.05, 0) is 50.2 Å². The van der Waals surface area contributed by atoms with E-state index < -0.39 is 0 Å². The van der Waals surface area contributed by atoms with E-state index in [4.69, 9.17) is 0 Å². The molecule has 4 aromatic rings. The summed E-state index contributed by atoms with van der Waals surface area (Å²) in [4.78, 5) is 17.5. The van der Waals surface area contributed by atoms with Crippen LogP contribution in [0.3, 0.4) is 0 Å². The molecule has 0 saturated carbocycles. The Morgan fingerprint density at radius 1 is 0.966 bits per heavy atom. The van der Waals surface area contributed by atoms with Crippen molar-refractivity contribution in [2.24, 2.45) is 7.05 Å². The molecule has 0 aliphatic rings. The van der Waals surface area contributed by atoms with Crippen molar-refractivity contribution >= 4 is 22.6 Å². The molecule has 0 unspecified atom stereocenters. The van der Waals surface area contributed by atoms with Crippen LogP contribution in [-0.4, -0.2) is 20.7 Å². The number of carbonyl (C=O) groups is 1. The van der Waals surface area contributed by atoms with E-state index in [0.717, 1.165) is 27.9 Å². The average molecular weight is 380 g/mol. The second-order valence-corrected chi connectivity index (χ2v) is 6.87. The predicted molar refractivity (Wildman–Crippen MR) is 115 cm³/mol. The highest BCUT2D eigenvalue weighted by Gasteiger charge is 2.17. The number of aromatic nitrogens is 3. The van der Waals surface area contributed by atoms with Crippen molar-refractivity contribution in [2.75, 3.05) is 5.32 Å². The van der Waals surface area contributed by atoms with E-state index in [1.165, 1.54) is 0 Å². The maximum absolute atomic E-state index is 13.0. The smallest absolute Gasteiger partial charge is 0.256 e. The van der Waals surface area contributed by atoms with Gasteiger partial charge in [0, 0.05) is 29.6 Å². The van der Waals surface area contributed by atoms with Crippen LogP contribution >= 0.6 is 0 Å². The van der Waals surface area contributed by atoms with Crippen molar-refractivity contribution in [3.63, 3.8) is 0 Å². The Balaban J connectivity index is 1.63. The summed E-state index contributed by atoms with van der Waals surface area (Å²) < 4.78 is 1.70. The standard InChI is InChI=1S/C24H20N4O/c1-16-14-21(22-17(2)27-28(3)23(22)25-16)24(29)26-20-11-7-10-19(15-20)13-12-18-8-5-4-6-9-18/h4-11,14-15H,1-3H3,(H,26,29). The lowest BCUT2D eigenvalue weighted by Gasteiger charge is -2.08. The highest BCUT2D eigenvalue weighted by molar-refractivity contribution is 6.12. The van der Waals surface area contributed by atoms with E-state index in [-0.39, 0.29) is 5.91 Å². The highest BCUT2D eigenvalue weighted by atomic mass is 16.1. The Hall–Kier alpha value is -3.91. The van der Waals surface area contributed by atoms with Crippen molar-refractivity contribution in [1.82, 2.24) is 14.8 Å². The minimum atomic E-state index is -0.190. The van der Waals surface area contributed by atoms with Gasteiger partial charge in [-0.2, -0.15) is 5.10 Å². The van der Waals surface area contributed by atoms with Crippen LogP contribution < -0.4 is 5.32 Å². The van der Waals surface area contributed by atoms with Gasteiger partial charge in [0.25, 0.3) is 5.91 Å². The van der Waals surface area contributed by atoms with Gasteiger partial charge in [0.05, 0.1) is 16.6 Å². The Kier molecular flexibility index (Phi) is 4.84. The third-order valence-electron chi connectivity index (χ3n) is 4.59. The number of amides is 1. The van der Waals surface area contributed by atoms with E-state index >= 15 is 0 Å². The van der Waals surface area contributed by atoms with Gasteiger partial charge >= 0.3 is 0 Å². The van der Waals surface area contributed by atoms with Crippen molar-refractivity contribution < 1.29 is 4.79 Å². The molecule has 0 radical (unpaired) electrons. The van der Waals surface area contributed by atoms with E-state index in [1.807, 2.05) is 75.5 Å². The molecule has 0 atom stereocenters. The Morgan fingerprint density at radius 3 is 2.48 bits per heavy atom. The minimum absolute atomic E-state index is 0.190. The number of rotatable bonds is 2. The fourth-order valence-electron chi connectivity index (χ4n) is 3.29. The topological polar surface area (TPSA) is 59.8 Å². The largest absolute Gasteiger partial charge is 0.322 e. The number of anilines is 1. The van der Waals surface area contributed by atoms with Crippen molar-refractivity contribution in [3.05, 3.63) is 88.7 Å². The van der Waals surface area contributed by atoms with Crippen LogP contribution in [0.4, 0.5) is 5.69 Å². The zero-order valence-corrected chi connectivity index (χ0v) is 16.5. The normalized spacial score (nSPS) is 10.4. The minimum Gasteiger partial charge on any atom is -0.322 e. The summed E-state index contributed by atoms with van der Waals surface area (Å²) in [6.07, 6.45) is 0. The van der Waals surface area contributed by atoms with Crippen molar-refractivity contribution in [1.29, 1.82) is 0 Å². The number of nitrogens with one attached hydrogen (secondary N) is 1. The van der Waals surface area contributed by atoms with Crippen LogP contribution in [0.15, 0.2) is 60.7 Å². The quantitative estimate of drug-likeness (QED) is 0.529. The zero-order chi connectivity index (χ0) is 20.4. The number of fused-ring (bicyclic) bond motifs is 1. The Morgan fingerprint density at radius 2 is 1.69 bits per heavy atom. The van der Waals surface area contributed by atoms with Crippen LogP contribution in [0, 0.1) is 25.7 Å². The second-order valence-electron chi connectivity index (χ2n) is 6.87. The predicted octanol–water partition coefficient (Wildman–Crippen LogP) is 4.24. The Bertz CT molecular complexity index is 1280. The number of benzene rings is 2. The molecule has 2 heterocycles.